The van der Waals surface area contributed by atoms with Crippen LogP contribution in [-0.2, 0) is 11.3 Å². The van der Waals surface area contributed by atoms with Crippen LogP contribution in [0.2, 0.25) is 0 Å². The Kier molecular flexibility index (Phi) is 4.67. The third-order valence-corrected chi connectivity index (χ3v) is 4.55. The van der Waals surface area contributed by atoms with Crippen LogP contribution in [0, 0.1) is 13.8 Å². The number of aliphatic carboxylic acids is 1. The van der Waals surface area contributed by atoms with Crippen molar-refractivity contribution in [2.24, 2.45) is 0 Å². The molecule has 0 aliphatic heterocycles. The van der Waals surface area contributed by atoms with Gasteiger partial charge in [-0.15, -0.1) is 0 Å². The maximum absolute atomic E-state index is 11.3. The Labute approximate surface area is 166 Å². The summed E-state index contributed by atoms with van der Waals surface area (Å²) >= 11 is 0. The molecule has 0 atom stereocenters. The van der Waals surface area contributed by atoms with Crippen LogP contribution in [0.15, 0.2) is 41.3 Å². The van der Waals surface area contributed by atoms with Crippen molar-refractivity contribution in [1.82, 2.24) is 24.9 Å². The van der Waals surface area contributed by atoms with Gasteiger partial charge in [-0.05, 0) is 38.5 Å². The van der Waals surface area contributed by atoms with Crippen molar-refractivity contribution in [3.63, 3.8) is 0 Å². The molecule has 146 valence electrons. The third kappa shape index (κ3) is 3.40. The van der Waals surface area contributed by atoms with E-state index in [-0.39, 0.29) is 0 Å². The van der Waals surface area contributed by atoms with E-state index < -0.39 is 5.97 Å². The molecule has 4 rings (SSSR count). The predicted octanol–water partition coefficient (Wildman–Crippen LogP) is 3.88. The average Bonchev–Trinajstić information content (AvgIpc) is 3.30. The summed E-state index contributed by atoms with van der Waals surface area (Å²) in [4.78, 5) is 20.4. The van der Waals surface area contributed by atoms with E-state index in [1.165, 1.54) is 6.08 Å². The molecule has 4 aromatic heterocycles. The van der Waals surface area contributed by atoms with E-state index in [1.807, 2.05) is 19.9 Å². The Morgan fingerprint density at radius 2 is 2.07 bits per heavy atom. The largest absolute Gasteiger partial charge is 0.478 e. The van der Waals surface area contributed by atoms with E-state index in [9.17, 15) is 9.90 Å². The van der Waals surface area contributed by atoms with Crippen molar-refractivity contribution in [2.75, 3.05) is 0 Å². The molecule has 1 N–H and O–H groups in total. The zero-order valence-electron chi connectivity index (χ0n) is 16.2. The van der Waals surface area contributed by atoms with Crippen LogP contribution in [0.3, 0.4) is 0 Å². The fourth-order valence-corrected chi connectivity index (χ4v) is 3.33. The van der Waals surface area contributed by atoms with E-state index in [2.05, 4.69) is 15.2 Å². The summed E-state index contributed by atoms with van der Waals surface area (Å²) in [5, 5.41) is 18.6. The second-order valence-corrected chi connectivity index (χ2v) is 6.69. The van der Waals surface area contributed by atoms with Gasteiger partial charge in [0.05, 0.1) is 6.20 Å². The summed E-state index contributed by atoms with van der Waals surface area (Å²) in [6.07, 6.45) is 7.90. The highest BCUT2D eigenvalue weighted by Crippen LogP contribution is 2.37. The molecule has 4 aromatic rings. The van der Waals surface area contributed by atoms with Gasteiger partial charge in [-0.2, -0.15) is 5.10 Å². The average molecular weight is 389 g/mol. The SMILES string of the molecule is CCn1ncc2c(-c3cncc(C)c3)c(C=CC(=O)O)c(-c3cc(C)on3)nc21. The Morgan fingerprint density at radius 3 is 2.72 bits per heavy atom. The number of rotatable bonds is 5. The zero-order chi connectivity index (χ0) is 20.5. The number of aryl methyl sites for hydroxylation is 3. The molecular weight excluding hydrogens is 370 g/mol. The summed E-state index contributed by atoms with van der Waals surface area (Å²) in [5.74, 6) is -0.414. The van der Waals surface area contributed by atoms with Gasteiger partial charge in [0, 0.05) is 53.2 Å². The minimum absolute atomic E-state index is 0.526. The quantitative estimate of drug-likeness (QED) is 0.516. The number of hydrogen-bond donors (Lipinski definition) is 1. The van der Waals surface area contributed by atoms with Crippen LogP contribution in [0.4, 0.5) is 0 Å². The summed E-state index contributed by atoms with van der Waals surface area (Å²) in [6.45, 7) is 6.38. The van der Waals surface area contributed by atoms with E-state index in [4.69, 9.17) is 9.51 Å². The molecule has 0 saturated heterocycles. The first-order valence-electron chi connectivity index (χ1n) is 9.14. The lowest BCUT2D eigenvalue weighted by Crippen LogP contribution is -2.01. The summed E-state index contributed by atoms with van der Waals surface area (Å²) < 4.78 is 7.04. The lowest BCUT2D eigenvalue weighted by atomic mass is 9.95. The van der Waals surface area contributed by atoms with Crippen LogP contribution in [0.25, 0.3) is 39.6 Å². The Morgan fingerprint density at radius 1 is 1.24 bits per heavy atom. The zero-order valence-corrected chi connectivity index (χ0v) is 16.2. The molecular formula is C21H19N5O3. The molecule has 0 amide bonds. The standard InChI is InChI=1S/C21H19N5O3/c1-4-26-21-16(11-23-26)19(14-7-12(2)9-22-10-14)15(5-6-18(27)28)20(24-21)17-8-13(3)29-25-17/h5-11H,4H2,1-3H3,(H,27,28). The van der Waals surface area contributed by atoms with Crippen LogP contribution >= 0.6 is 0 Å². The summed E-state index contributed by atoms with van der Waals surface area (Å²) in [6, 6.07) is 3.78. The maximum atomic E-state index is 11.3. The smallest absolute Gasteiger partial charge is 0.328 e. The second kappa shape index (κ2) is 7.31. The molecule has 0 aromatic carbocycles. The Bertz CT molecular complexity index is 1250. The van der Waals surface area contributed by atoms with Gasteiger partial charge in [-0.3, -0.25) is 4.98 Å². The molecule has 4 heterocycles. The van der Waals surface area contributed by atoms with Gasteiger partial charge in [-0.25, -0.2) is 14.5 Å². The number of carboxylic acid groups (broad SMARTS) is 1. The van der Waals surface area contributed by atoms with Crippen LogP contribution in [0.1, 0.15) is 23.8 Å². The van der Waals surface area contributed by atoms with E-state index in [1.54, 1.807) is 36.3 Å². The maximum Gasteiger partial charge on any atom is 0.328 e. The number of carboxylic acids is 1. The molecule has 8 nitrogen and oxygen atoms in total. The molecule has 8 heteroatoms. The first-order chi connectivity index (χ1) is 14.0. The van der Waals surface area contributed by atoms with Crippen LogP contribution < -0.4 is 0 Å². The van der Waals surface area contributed by atoms with Gasteiger partial charge in [0.15, 0.2) is 5.65 Å². The number of hydrogen-bond acceptors (Lipinski definition) is 6. The number of fused-ring (bicyclic) bond motifs is 1. The molecule has 0 aliphatic rings. The lowest BCUT2D eigenvalue weighted by molar-refractivity contribution is -0.131. The first-order valence-corrected chi connectivity index (χ1v) is 9.14. The number of aromatic nitrogens is 5. The van der Waals surface area contributed by atoms with Gasteiger partial charge in [0.1, 0.15) is 17.1 Å². The van der Waals surface area contributed by atoms with Gasteiger partial charge in [0.2, 0.25) is 0 Å². The molecule has 29 heavy (non-hydrogen) atoms. The van der Waals surface area contributed by atoms with Gasteiger partial charge in [-0.1, -0.05) is 5.16 Å². The van der Waals surface area contributed by atoms with Crippen molar-refractivity contribution < 1.29 is 14.4 Å². The molecule has 0 aliphatic carbocycles. The number of nitrogens with zero attached hydrogens (tertiary/aromatic N) is 5. The first kappa shape index (κ1) is 18.5. The van der Waals surface area contributed by atoms with Crippen LogP contribution in [-0.4, -0.2) is 36.0 Å². The fourth-order valence-electron chi connectivity index (χ4n) is 3.33. The second-order valence-electron chi connectivity index (χ2n) is 6.69. The minimum atomic E-state index is -1.05. The lowest BCUT2D eigenvalue weighted by Gasteiger charge is -2.13. The van der Waals surface area contributed by atoms with E-state index in [0.717, 1.165) is 28.2 Å². The highest BCUT2D eigenvalue weighted by Gasteiger charge is 2.21. The Hall–Kier alpha value is -3.81. The van der Waals surface area contributed by atoms with Gasteiger partial charge >= 0.3 is 5.97 Å². The highest BCUT2D eigenvalue weighted by molar-refractivity contribution is 6.02. The molecule has 0 unspecified atom stereocenters. The molecule has 0 radical (unpaired) electrons. The van der Waals surface area contributed by atoms with Crippen LogP contribution in [0.5, 0.6) is 0 Å². The highest BCUT2D eigenvalue weighted by atomic mass is 16.5. The fraction of sp³-hybridized carbons (Fsp3) is 0.190. The molecule has 0 fully saturated rings. The monoisotopic (exact) mass is 389 g/mol. The normalized spacial score (nSPS) is 11.6. The number of carbonyl (C=O) groups is 1. The van der Waals surface area contributed by atoms with E-state index >= 15 is 0 Å². The van der Waals surface area contributed by atoms with E-state index in [0.29, 0.717) is 34.9 Å². The van der Waals surface area contributed by atoms with Crippen molar-refractivity contribution in [3.8, 4) is 22.5 Å². The van der Waals surface area contributed by atoms with Crippen molar-refractivity contribution in [2.45, 2.75) is 27.3 Å². The topological polar surface area (TPSA) is 107 Å². The van der Waals surface area contributed by atoms with Gasteiger partial charge < -0.3 is 9.63 Å². The Balaban J connectivity index is 2.15. The minimum Gasteiger partial charge on any atom is -0.478 e. The van der Waals surface area contributed by atoms with Crippen molar-refractivity contribution >= 4 is 23.1 Å². The third-order valence-electron chi connectivity index (χ3n) is 4.55. The summed E-state index contributed by atoms with van der Waals surface area (Å²) in [7, 11) is 0. The van der Waals surface area contributed by atoms with Gasteiger partial charge in [0.25, 0.3) is 0 Å². The number of pyridine rings is 2. The van der Waals surface area contributed by atoms with Crippen molar-refractivity contribution in [1.29, 1.82) is 0 Å². The molecule has 0 bridgehead atoms. The molecule has 0 spiro atoms. The molecule has 0 saturated carbocycles. The predicted molar refractivity (Wildman–Crippen MR) is 108 cm³/mol. The van der Waals surface area contributed by atoms with Crippen molar-refractivity contribution in [3.05, 3.63) is 53.7 Å². The summed E-state index contributed by atoms with van der Waals surface area (Å²) in [5.41, 5.74) is 5.00.